The molecule has 0 saturated carbocycles. The molecule has 0 heterocycles. The van der Waals surface area contributed by atoms with Gasteiger partial charge in [0.2, 0.25) is 0 Å². The van der Waals surface area contributed by atoms with Gasteiger partial charge in [0.25, 0.3) is 0 Å². The summed E-state index contributed by atoms with van der Waals surface area (Å²) in [6.45, 7) is 20.6. The van der Waals surface area contributed by atoms with Crippen LogP contribution in [0.5, 0.6) is 0 Å². The zero-order chi connectivity index (χ0) is 28.1. The summed E-state index contributed by atoms with van der Waals surface area (Å²) in [5.41, 5.74) is 10.9. The topological polar surface area (TPSA) is 24.4 Å². The Morgan fingerprint density at radius 1 is 0.590 bits per heavy atom. The number of hydrogen-bond acceptors (Lipinski definition) is 2. The van der Waals surface area contributed by atoms with Crippen molar-refractivity contribution >= 4 is 27.9 Å². The number of nitrogens with one attached hydrogen (secondary N) is 1. The molecule has 4 aromatic carbocycles. The summed E-state index contributed by atoms with van der Waals surface area (Å²) in [5.74, 6) is 1.58. The minimum absolute atomic E-state index is 0.385. The standard InChI is InChI=1S/C37H44N2/c1-22(2)27-16-12-17-28(23(3)4)34(27)38-36-31-20-10-14-26-15-11-21-32(33(26)31)37(36,9)39-35-29(24(5)6)18-13-19-30(35)25(7)8/h10-25,39H,1-9H3. The molecule has 2 heteroatoms. The van der Waals surface area contributed by atoms with Crippen LogP contribution in [0.4, 0.5) is 11.4 Å². The van der Waals surface area contributed by atoms with Crippen molar-refractivity contribution in [2.45, 2.75) is 91.5 Å². The van der Waals surface area contributed by atoms with Gasteiger partial charge in [0.05, 0.1) is 11.4 Å². The number of aliphatic imine (C=N–C) groups is 1. The minimum Gasteiger partial charge on any atom is -0.370 e. The maximum absolute atomic E-state index is 5.69. The quantitative estimate of drug-likeness (QED) is 0.259. The molecule has 1 aliphatic carbocycles. The lowest BCUT2D eigenvalue weighted by Crippen LogP contribution is -2.38. The van der Waals surface area contributed by atoms with Gasteiger partial charge in [-0.15, -0.1) is 0 Å². The van der Waals surface area contributed by atoms with Gasteiger partial charge < -0.3 is 5.32 Å². The van der Waals surface area contributed by atoms with Crippen LogP contribution in [0.2, 0.25) is 0 Å². The highest BCUT2D eigenvalue weighted by molar-refractivity contribution is 6.24. The lowest BCUT2D eigenvalue weighted by atomic mass is 9.86. The van der Waals surface area contributed by atoms with E-state index in [1.165, 1.54) is 49.8 Å². The summed E-state index contributed by atoms with van der Waals surface area (Å²) in [7, 11) is 0. The molecule has 0 amide bonds. The lowest BCUT2D eigenvalue weighted by Gasteiger charge is -2.34. The molecule has 0 saturated heterocycles. The predicted molar refractivity (Wildman–Crippen MR) is 170 cm³/mol. The molecule has 0 spiro atoms. The molecule has 1 N–H and O–H groups in total. The Kier molecular flexibility index (Phi) is 7.18. The summed E-state index contributed by atoms with van der Waals surface area (Å²) in [4.78, 5) is 5.69. The molecule has 0 aromatic heterocycles. The second-order valence-corrected chi connectivity index (χ2v) is 12.6. The van der Waals surface area contributed by atoms with Crippen LogP contribution >= 0.6 is 0 Å². The van der Waals surface area contributed by atoms with Gasteiger partial charge in [0.15, 0.2) is 0 Å². The average Bonchev–Trinajstić information content (AvgIpc) is 3.12. The Morgan fingerprint density at radius 3 is 1.56 bits per heavy atom. The van der Waals surface area contributed by atoms with E-state index in [0.717, 1.165) is 11.4 Å². The van der Waals surface area contributed by atoms with Gasteiger partial charge >= 0.3 is 0 Å². The third-order valence-electron chi connectivity index (χ3n) is 8.49. The first-order chi connectivity index (χ1) is 18.5. The van der Waals surface area contributed by atoms with Crippen LogP contribution in [0, 0.1) is 0 Å². The van der Waals surface area contributed by atoms with E-state index in [1.54, 1.807) is 0 Å². The van der Waals surface area contributed by atoms with Crippen LogP contribution in [-0.4, -0.2) is 5.71 Å². The normalized spacial score (nSPS) is 17.9. The number of anilines is 1. The molecule has 1 unspecified atom stereocenters. The summed E-state index contributed by atoms with van der Waals surface area (Å²) in [6.07, 6.45) is 0. The molecular weight excluding hydrogens is 472 g/mol. The van der Waals surface area contributed by atoms with Crippen LogP contribution in [0.15, 0.2) is 77.8 Å². The molecule has 5 rings (SSSR count). The Labute approximate surface area is 235 Å². The lowest BCUT2D eigenvalue weighted by molar-refractivity contribution is 0.738. The summed E-state index contributed by atoms with van der Waals surface area (Å²) in [6, 6.07) is 26.9. The molecule has 1 aliphatic rings. The zero-order valence-electron chi connectivity index (χ0n) is 25.2. The number of nitrogens with zero attached hydrogens (tertiary/aromatic N) is 1. The van der Waals surface area contributed by atoms with Gasteiger partial charge in [-0.05, 0) is 69.2 Å². The van der Waals surface area contributed by atoms with E-state index >= 15 is 0 Å². The monoisotopic (exact) mass is 516 g/mol. The molecule has 39 heavy (non-hydrogen) atoms. The highest BCUT2D eigenvalue weighted by Crippen LogP contribution is 2.47. The van der Waals surface area contributed by atoms with Crippen molar-refractivity contribution in [2.24, 2.45) is 4.99 Å². The SMILES string of the molecule is CC(C)c1cccc(C(C)C)c1N=C1c2cccc3cccc(c23)C1(C)Nc1c(C(C)C)cccc1C(C)C. The second-order valence-electron chi connectivity index (χ2n) is 12.6. The number of benzene rings is 4. The van der Waals surface area contributed by atoms with Gasteiger partial charge in [-0.2, -0.15) is 0 Å². The first-order valence-electron chi connectivity index (χ1n) is 14.7. The van der Waals surface area contributed by atoms with E-state index in [2.05, 4.69) is 140 Å². The largest absolute Gasteiger partial charge is 0.370 e. The van der Waals surface area contributed by atoms with Gasteiger partial charge in [0.1, 0.15) is 5.54 Å². The molecule has 1 atom stereocenters. The maximum atomic E-state index is 5.69. The second kappa shape index (κ2) is 10.3. The Hall–Kier alpha value is -3.39. The zero-order valence-corrected chi connectivity index (χ0v) is 25.2. The Morgan fingerprint density at radius 2 is 1.05 bits per heavy atom. The fourth-order valence-electron chi connectivity index (χ4n) is 6.35. The highest BCUT2D eigenvalue weighted by Gasteiger charge is 2.43. The summed E-state index contributed by atoms with van der Waals surface area (Å²) >= 11 is 0. The van der Waals surface area contributed by atoms with E-state index in [4.69, 9.17) is 4.99 Å². The summed E-state index contributed by atoms with van der Waals surface area (Å²) < 4.78 is 0. The molecule has 202 valence electrons. The molecule has 0 fully saturated rings. The molecular formula is C37H44N2. The first-order valence-corrected chi connectivity index (χ1v) is 14.7. The number of para-hydroxylation sites is 2. The molecule has 2 nitrogen and oxygen atoms in total. The molecule has 4 aromatic rings. The molecule has 0 aliphatic heterocycles. The van der Waals surface area contributed by atoms with E-state index < -0.39 is 5.54 Å². The Balaban J connectivity index is 1.84. The van der Waals surface area contributed by atoms with Crippen molar-refractivity contribution in [3.63, 3.8) is 0 Å². The van der Waals surface area contributed by atoms with Crippen LogP contribution in [0.1, 0.15) is 119 Å². The Bertz CT molecular complexity index is 1500. The first kappa shape index (κ1) is 27.2. The highest BCUT2D eigenvalue weighted by atomic mass is 15.0. The maximum Gasteiger partial charge on any atom is 0.104 e. The van der Waals surface area contributed by atoms with Crippen LogP contribution in [0.25, 0.3) is 10.8 Å². The minimum atomic E-state index is -0.490. The molecule has 0 radical (unpaired) electrons. The third-order valence-corrected chi connectivity index (χ3v) is 8.49. The average molecular weight is 517 g/mol. The van der Waals surface area contributed by atoms with Gasteiger partial charge in [-0.25, -0.2) is 4.99 Å². The van der Waals surface area contributed by atoms with Crippen LogP contribution in [0.3, 0.4) is 0 Å². The van der Waals surface area contributed by atoms with Crippen molar-refractivity contribution in [2.75, 3.05) is 5.32 Å². The van der Waals surface area contributed by atoms with Gasteiger partial charge in [0, 0.05) is 11.3 Å². The third kappa shape index (κ3) is 4.58. The van der Waals surface area contributed by atoms with Crippen molar-refractivity contribution < 1.29 is 0 Å². The van der Waals surface area contributed by atoms with Crippen LogP contribution in [-0.2, 0) is 5.54 Å². The summed E-state index contributed by atoms with van der Waals surface area (Å²) in [5, 5.41) is 6.74. The van der Waals surface area contributed by atoms with E-state index in [-0.39, 0.29) is 0 Å². The van der Waals surface area contributed by atoms with Crippen molar-refractivity contribution in [3.8, 4) is 0 Å². The van der Waals surface area contributed by atoms with Gasteiger partial charge in [-0.1, -0.05) is 128 Å². The smallest absolute Gasteiger partial charge is 0.104 e. The fourth-order valence-corrected chi connectivity index (χ4v) is 6.35. The van der Waals surface area contributed by atoms with Crippen molar-refractivity contribution in [1.29, 1.82) is 0 Å². The fraction of sp³-hybridized carbons (Fsp3) is 0.378. The molecule has 0 bridgehead atoms. The number of rotatable bonds is 7. The van der Waals surface area contributed by atoms with Crippen molar-refractivity contribution in [1.82, 2.24) is 0 Å². The van der Waals surface area contributed by atoms with E-state index in [1.807, 2.05) is 0 Å². The van der Waals surface area contributed by atoms with Gasteiger partial charge in [-0.3, -0.25) is 0 Å². The van der Waals surface area contributed by atoms with E-state index in [9.17, 15) is 0 Å². The van der Waals surface area contributed by atoms with E-state index in [0.29, 0.717) is 23.7 Å². The predicted octanol–water partition coefficient (Wildman–Crippen LogP) is 10.8. The number of hydrogen-bond donors (Lipinski definition) is 1. The van der Waals surface area contributed by atoms with Crippen molar-refractivity contribution in [3.05, 3.63) is 106 Å². The van der Waals surface area contributed by atoms with Crippen LogP contribution < -0.4 is 5.32 Å².